The van der Waals surface area contributed by atoms with Crippen LogP contribution in [-0.2, 0) is 0 Å². The highest BCUT2D eigenvalue weighted by Crippen LogP contribution is 2.36. The van der Waals surface area contributed by atoms with Crippen molar-refractivity contribution >= 4 is 28.9 Å². The summed E-state index contributed by atoms with van der Waals surface area (Å²) in [4.78, 5) is 4.12. The quantitative estimate of drug-likeness (QED) is 0.857. The first kappa shape index (κ1) is 11.7. The summed E-state index contributed by atoms with van der Waals surface area (Å²) in [5.41, 5.74) is 7.67. The van der Waals surface area contributed by atoms with Crippen molar-refractivity contribution < 1.29 is 0 Å². The minimum Gasteiger partial charge on any atom is -0.397 e. The summed E-state index contributed by atoms with van der Waals surface area (Å²) in [6, 6.07) is 8.68. The van der Waals surface area contributed by atoms with Gasteiger partial charge in [-0.2, -0.15) is 5.26 Å². The zero-order valence-electron chi connectivity index (χ0n) is 8.61. The van der Waals surface area contributed by atoms with Crippen molar-refractivity contribution in [3.05, 3.63) is 46.1 Å². The van der Waals surface area contributed by atoms with E-state index in [1.807, 2.05) is 6.07 Å². The zero-order valence-corrected chi connectivity index (χ0v) is 10.1. The van der Waals surface area contributed by atoms with Crippen molar-refractivity contribution in [2.75, 3.05) is 5.73 Å². The molecule has 0 unspecified atom stereocenters. The maximum absolute atomic E-state index is 8.73. The number of nitrogens with two attached hydrogens (primary N) is 1. The van der Waals surface area contributed by atoms with E-state index in [0.29, 0.717) is 32.6 Å². The van der Waals surface area contributed by atoms with Crippen LogP contribution < -0.4 is 5.73 Å². The summed E-state index contributed by atoms with van der Waals surface area (Å²) >= 11 is 12.1. The minimum atomic E-state index is 0.374. The first-order valence-electron chi connectivity index (χ1n) is 4.73. The van der Waals surface area contributed by atoms with Crippen molar-refractivity contribution in [3.8, 4) is 17.3 Å². The zero-order chi connectivity index (χ0) is 12.4. The number of nitriles is 1. The second-order valence-corrected chi connectivity index (χ2v) is 4.18. The lowest BCUT2D eigenvalue weighted by Crippen LogP contribution is -1.95. The van der Waals surface area contributed by atoms with Crippen molar-refractivity contribution in [2.24, 2.45) is 0 Å². The molecule has 1 aromatic heterocycles. The normalized spacial score (nSPS) is 9.94. The molecule has 0 spiro atoms. The molecule has 2 N–H and O–H groups in total. The largest absolute Gasteiger partial charge is 0.397 e. The number of pyridine rings is 1. The lowest BCUT2D eigenvalue weighted by molar-refractivity contribution is 1.30. The van der Waals surface area contributed by atoms with Gasteiger partial charge in [0.1, 0.15) is 6.07 Å². The molecule has 5 heteroatoms. The molecule has 0 aliphatic heterocycles. The van der Waals surface area contributed by atoms with Crippen LogP contribution in [0, 0.1) is 11.3 Å². The van der Waals surface area contributed by atoms with Crippen LogP contribution in [0.15, 0.2) is 30.5 Å². The van der Waals surface area contributed by atoms with Gasteiger partial charge in [0.25, 0.3) is 0 Å². The first-order valence-corrected chi connectivity index (χ1v) is 5.49. The number of nitrogens with zero attached hydrogens (tertiary/aromatic N) is 2. The molecule has 3 nitrogen and oxygen atoms in total. The number of anilines is 1. The number of halogens is 2. The molecule has 0 aliphatic carbocycles. The average Bonchev–Trinajstić information content (AvgIpc) is 2.30. The molecule has 84 valence electrons. The Morgan fingerprint density at radius 3 is 2.41 bits per heavy atom. The Labute approximate surface area is 108 Å². The van der Waals surface area contributed by atoms with Gasteiger partial charge in [-0.1, -0.05) is 29.3 Å². The molecule has 0 saturated heterocycles. The van der Waals surface area contributed by atoms with Crippen molar-refractivity contribution in [1.82, 2.24) is 4.98 Å². The number of benzene rings is 1. The van der Waals surface area contributed by atoms with E-state index >= 15 is 0 Å². The summed E-state index contributed by atoms with van der Waals surface area (Å²) in [7, 11) is 0. The van der Waals surface area contributed by atoms with E-state index in [4.69, 9.17) is 34.2 Å². The molecule has 17 heavy (non-hydrogen) atoms. The summed E-state index contributed by atoms with van der Waals surface area (Å²) in [6.45, 7) is 0. The molecule has 1 heterocycles. The molecule has 0 fully saturated rings. The average molecular weight is 264 g/mol. The van der Waals surface area contributed by atoms with Gasteiger partial charge in [0.2, 0.25) is 0 Å². The van der Waals surface area contributed by atoms with E-state index in [1.165, 1.54) is 6.20 Å². The van der Waals surface area contributed by atoms with Crippen molar-refractivity contribution in [1.29, 1.82) is 5.26 Å². The Morgan fingerprint density at radius 2 is 1.88 bits per heavy atom. The van der Waals surface area contributed by atoms with Gasteiger partial charge in [-0.25, -0.2) is 0 Å². The highest BCUT2D eigenvalue weighted by Gasteiger charge is 2.12. The molecule has 0 saturated carbocycles. The summed E-state index contributed by atoms with van der Waals surface area (Å²) in [5.74, 6) is 0. The predicted molar refractivity (Wildman–Crippen MR) is 68.8 cm³/mol. The fourth-order valence-corrected chi connectivity index (χ4v) is 2.05. The molecule has 0 radical (unpaired) electrons. The molecule has 0 aliphatic rings. The second-order valence-electron chi connectivity index (χ2n) is 3.37. The predicted octanol–water partition coefficient (Wildman–Crippen LogP) is 3.51. The molecule has 0 amide bonds. The van der Waals surface area contributed by atoms with Gasteiger partial charge < -0.3 is 5.73 Å². The number of hydrogen-bond acceptors (Lipinski definition) is 3. The summed E-state index contributed by atoms with van der Waals surface area (Å²) in [5, 5.41) is 9.68. The molecular weight excluding hydrogens is 257 g/mol. The third-order valence-corrected chi connectivity index (χ3v) is 2.88. The molecule has 0 atom stereocenters. The van der Waals surface area contributed by atoms with Crippen molar-refractivity contribution in [2.45, 2.75) is 0 Å². The monoisotopic (exact) mass is 263 g/mol. The molecule has 0 bridgehead atoms. The fourth-order valence-electron chi connectivity index (χ4n) is 1.48. The van der Waals surface area contributed by atoms with Crippen LogP contribution in [0.1, 0.15) is 5.56 Å². The first-order chi connectivity index (χ1) is 8.13. The van der Waals surface area contributed by atoms with E-state index in [2.05, 4.69) is 4.98 Å². The highest BCUT2D eigenvalue weighted by atomic mass is 35.5. The van der Waals surface area contributed by atoms with Gasteiger partial charge in [-0.15, -0.1) is 0 Å². The Hall–Kier alpha value is -1.76. The summed E-state index contributed by atoms with van der Waals surface area (Å²) in [6.07, 6.45) is 1.44. The van der Waals surface area contributed by atoms with Crippen LogP contribution in [0.4, 0.5) is 5.69 Å². The highest BCUT2D eigenvalue weighted by molar-refractivity contribution is 6.39. The van der Waals surface area contributed by atoms with Crippen LogP contribution in [0.3, 0.4) is 0 Å². The number of nitrogen functional groups attached to an aromatic ring is 1. The molecule has 1 aromatic carbocycles. The van der Waals surface area contributed by atoms with Crippen LogP contribution in [0.25, 0.3) is 11.3 Å². The Bertz CT molecular complexity index is 597. The van der Waals surface area contributed by atoms with Crippen LogP contribution in [-0.4, -0.2) is 4.98 Å². The topological polar surface area (TPSA) is 62.7 Å². The summed E-state index contributed by atoms with van der Waals surface area (Å²) < 4.78 is 0. The van der Waals surface area contributed by atoms with Crippen LogP contribution in [0.5, 0.6) is 0 Å². The van der Waals surface area contributed by atoms with E-state index in [1.54, 1.807) is 24.3 Å². The maximum Gasteiger partial charge on any atom is 0.101 e. The van der Waals surface area contributed by atoms with Gasteiger partial charge in [0, 0.05) is 11.8 Å². The third kappa shape index (κ3) is 2.19. The van der Waals surface area contributed by atoms with Gasteiger partial charge in [-0.3, -0.25) is 4.98 Å². The van der Waals surface area contributed by atoms with Gasteiger partial charge >= 0.3 is 0 Å². The second kappa shape index (κ2) is 4.62. The standard InChI is InChI=1S/C12H7Cl2N3/c13-8-2-1-3-9(14)11(8)12-10(16)4-7(5-15)6-17-12/h1-4,6H,16H2. The Morgan fingerprint density at radius 1 is 1.24 bits per heavy atom. The molecule has 2 aromatic rings. The lowest BCUT2D eigenvalue weighted by atomic mass is 10.1. The third-order valence-electron chi connectivity index (χ3n) is 2.25. The Balaban J connectivity index is 2.66. The van der Waals surface area contributed by atoms with E-state index in [0.717, 1.165) is 0 Å². The van der Waals surface area contributed by atoms with E-state index in [9.17, 15) is 0 Å². The number of aromatic nitrogens is 1. The van der Waals surface area contributed by atoms with E-state index in [-0.39, 0.29) is 0 Å². The smallest absolute Gasteiger partial charge is 0.101 e. The Kier molecular flexibility index (Phi) is 3.19. The number of hydrogen-bond donors (Lipinski definition) is 1. The van der Waals surface area contributed by atoms with Crippen LogP contribution >= 0.6 is 23.2 Å². The number of rotatable bonds is 1. The maximum atomic E-state index is 8.73. The van der Waals surface area contributed by atoms with Gasteiger partial charge in [-0.05, 0) is 18.2 Å². The minimum absolute atomic E-state index is 0.374. The van der Waals surface area contributed by atoms with Crippen molar-refractivity contribution in [3.63, 3.8) is 0 Å². The van der Waals surface area contributed by atoms with E-state index < -0.39 is 0 Å². The lowest BCUT2D eigenvalue weighted by Gasteiger charge is -2.08. The van der Waals surface area contributed by atoms with Crippen LogP contribution in [0.2, 0.25) is 10.0 Å². The SMILES string of the molecule is N#Cc1cnc(-c2c(Cl)cccc2Cl)c(N)c1. The molecule has 2 rings (SSSR count). The molecular formula is C12H7Cl2N3. The van der Waals surface area contributed by atoms with Gasteiger partial charge in [0.15, 0.2) is 0 Å². The van der Waals surface area contributed by atoms with Gasteiger partial charge in [0.05, 0.1) is 27.0 Å². The fraction of sp³-hybridized carbons (Fsp3) is 0.